The van der Waals surface area contributed by atoms with Crippen LogP contribution in [-0.2, 0) is 14.3 Å². The van der Waals surface area contributed by atoms with Crippen molar-refractivity contribution in [3.8, 4) is 0 Å². The van der Waals surface area contributed by atoms with E-state index in [9.17, 15) is 14.4 Å². The average Bonchev–Trinajstić information content (AvgIpc) is 2.99. The van der Waals surface area contributed by atoms with Gasteiger partial charge in [0, 0.05) is 70.5 Å². The smallest absolute Gasteiger partial charge is 0.317 e. The van der Waals surface area contributed by atoms with Crippen LogP contribution in [-0.4, -0.2) is 109 Å². The van der Waals surface area contributed by atoms with Crippen molar-refractivity contribution in [3.63, 3.8) is 0 Å². The number of aryl methyl sites for hydroxylation is 1. The second kappa shape index (κ2) is 15.2. The normalized spacial score (nSPS) is 20.9. The Hall–Kier alpha value is -2.88. The molecule has 1 unspecified atom stereocenters. The molecule has 0 aliphatic carbocycles. The number of ether oxygens (including phenoxy) is 1. The van der Waals surface area contributed by atoms with Crippen LogP contribution in [0.15, 0.2) is 18.2 Å². The third kappa shape index (κ3) is 8.56. The number of pyridine rings is 1. The number of unbranched alkanes of at least 4 members (excludes halogenated alkanes) is 2. The van der Waals surface area contributed by atoms with Crippen LogP contribution in [0.4, 0.5) is 10.6 Å². The first-order valence-electron chi connectivity index (χ1n) is 15.3. The Balaban J connectivity index is 1.13. The molecule has 0 spiro atoms. The molecule has 1 aromatic rings. The SMILES string of the molecule is CCOC(=O)CCCCCNC(=O)N1CCC(N2CCCC(C(=O)N3CCN(c4cccc(C)n4)CC3)C2)CC1. The van der Waals surface area contributed by atoms with Gasteiger partial charge in [0.2, 0.25) is 5.91 Å². The molecule has 4 heterocycles. The number of hydrogen-bond donors (Lipinski definition) is 1. The molecule has 1 aromatic heterocycles. The van der Waals surface area contributed by atoms with Gasteiger partial charge in [0.25, 0.3) is 0 Å². The van der Waals surface area contributed by atoms with Crippen LogP contribution in [0.1, 0.15) is 64.0 Å². The standard InChI is InChI=1S/C30H48N6O4/c1-3-40-28(37)12-5-4-6-15-31-30(39)35-17-13-26(14-18-35)36-16-8-10-25(23-36)29(38)34-21-19-33(20-22-34)27-11-7-9-24(2)32-27/h7,9,11,25-26H,3-6,8,10,12-23H2,1-2H3,(H,31,39). The molecule has 0 aromatic carbocycles. The third-order valence-electron chi connectivity index (χ3n) is 8.50. The molecule has 3 aliphatic heterocycles. The molecule has 0 bridgehead atoms. The molecule has 3 fully saturated rings. The van der Waals surface area contributed by atoms with Crippen LogP contribution in [0, 0.1) is 12.8 Å². The fraction of sp³-hybridized carbons (Fsp3) is 0.733. The molecule has 0 radical (unpaired) electrons. The zero-order chi connectivity index (χ0) is 28.3. The lowest BCUT2D eigenvalue weighted by Crippen LogP contribution is -2.55. The maximum atomic E-state index is 13.4. The number of aromatic nitrogens is 1. The van der Waals surface area contributed by atoms with Crippen molar-refractivity contribution in [2.24, 2.45) is 5.92 Å². The minimum Gasteiger partial charge on any atom is -0.466 e. The Bertz CT molecular complexity index is 975. The van der Waals surface area contributed by atoms with Crippen molar-refractivity contribution in [1.82, 2.24) is 25.0 Å². The van der Waals surface area contributed by atoms with Crippen LogP contribution in [0.3, 0.4) is 0 Å². The van der Waals surface area contributed by atoms with Crippen LogP contribution in [0.2, 0.25) is 0 Å². The summed E-state index contributed by atoms with van der Waals surface area (Å²) in [5.74, 6) is 1.23. The number of rotatable bonds is 10. The highest BCUT2D eigenvalue weighted by molar-refractivity contribution is 5.79. The number of urea groups is 1. The van der Waals surface area contributed by atoms with Crippen LogP contribution in [0.25, 0.3) is 0 Å². The second-order valence-electron chi connectivity index (χ2n) is 11.3. The van der Waals surface area contributed by atoms with Crippen molar-refractivity contribution in [2.45, 2.75) is 71.3 Å². The number of piperidine rings is 2. The van der Waals surface area contributed by atoms with Gasteiger partial charge >= 0.3 is 12.0 Å². The zero-order valence-electron chi connectivity index (χ0n) is 24.5. The van der Waals surface area contributed by atoms with E-state index in [0.717, 1.165) is 109 Å². The number of carbonyl (C=O) groups excluding carboxylic acids is 3. The van der Waals surface area contributed by atoms with Gasteiger partial charge in [-0.2, -0.15) is 0 Å². The van der Waals surface area contributed by atoms with E-state index in [1.807, 2.05) is 30.9 Å². The molecule has 4 rings (SSSR count). The molecule has 1 N–H and O–H groups in total. The monoisotopic (exact) mass is 556 g/mol. The summed E-state index contributed by atoms with van der Waals surface area (Å²) in [6.45, 7) is 11.4. The van der Waals surface area contributed by atoms with E-state index in [1.54, 1.807) is 0 Å². The topological polar surface area (TPSA) is 98.3 Å². The highest BCUT2D eigenvalue weighted by atomic mass is 16.5. The molecule has 10 heteroatoms. The molecule has 222 valence electrons. The molecule has 3 aliphatic rings. The molecular weight excluding hydrogens is 508 g/mol. The highest BCUT2D eigenvalue weighted by Crippen LogP contribution is 2.26. The molecule has 3 amide bonds. The van der Waals surface area contributed by atoms with Gasteiger partial charge in [-0.05, 0) is 71.0 Å². The lowest BCUT2D eigenvalue weighted by molar-refractivity contribution is -0.143. The fourth-order valence-electron chi connectivity index (χ4n) is 6.20. The first kappa shape index (κ1) is 30.1. The Morgan fingerprint density at radius 3 is 2.45 bits per heavy atom. The molecule has 0 saturated carbocycles. The molecule has 40 heavy (non-hydrogen) atoms. The number of amides is 3. The van der Waals surface area contributed by atoms with Gasteiger partial charge in [0.05, 0.1) is 12.5 Å². The van der Waals surface area contributed by atoms with E-state index < -0.39 is 0 Å². The van der Waals surface area contributed by atoms with Crippen LogP contribution < -0.4 is 10.2 Å². The van der Waals surface area contributed by atoms with Gasteiger partial charge < -0.3 is 24.8 Å². The van der Waals surface area contributed by atoms with Gasteiger partial charge in [-0.25, -0.2) is 9.78 Å². The van der Waals surface area contributed by atoms with Crippen molar-refractivity contribution < 1.29 is 19.1 Å². The van der Waals surface area contributed by atoms with E-state index >= 15 is 0 Å². The Morgan fingerprint density at radius 1 is 0.950 bits per heavy atom. The number of nitrogens with one attached hydrogen (secondary N) is 1. The maximum Gasteiger partial charge on any atom is 0.317 e. The Labute approximate surface area is 239 Å². The number of hydrogen-bond acceptors (Lipinski definition) is 7. The van der Waals surface area contributed by atoms with Gasteiger partial charge in [-0.1, -0.05) is 12.5 Å². The number of nitrogens with zero attached hydrogens (tertiary/aromatic N) is 5. The Kier molecular flexibility index (Phi) is 11.4. The van der Waals surface area contributed by atoms with Gasteiger partial charge in [-0.15, -0.1) is 0 Å². The quantitative estimate of drug-likeness (QED) is 0.349. The maximum absolute atomic E-state index is 13.4. The molecule has 10 nitrogen and oxygen atoms in total. The summed E-state index contributed by atoms with van der Waals surface area (Å²) in [6.07, 6.45) is 6.93. The lowest BCUT2D eigenvalue weighted by Gasteiger charge is -2.43. The minimum absolute atomic E-state index is 0.00977. The highest BCUT2D eigenvalue weighted by Gasteiger charge is 2.35. The molecule has 3 saturated heterocycles. The summed E-state index contributed by atoms with van der Waals surface area (Å²) in [6, 6.07) is 6.55. The number of esters is 1. The molecule has 1 atom stereocenters. The van der Waals surface area contributed by atoms with E-state index in [1.165, 1.54) is 0 Å². The summed E-state index contributed by atoms with van der Waals surface area (Å²) in [4.78, 5) is 50.9. The van der Waals surface area contributed by atoms with Gasteiger partial charge in [0.1, 0.15) is 5.82 Å². The summed E-state index contributed by atoms with van der Waals surface area (Å²) >= 11 is 0. The van der Waals surface area contributed by atoms with Gasteiger partial charge in [-0.3, -0.25) is 14.5 Å². The third-order valence-corrected chi connectivity index (χ3v) is 8.50. The zero-order valence-corrected chi connectivity index (χ0v) is 24.5. The average molecular weight is 557 g/mol. The fourth-order valence-corrected chi connectivity index (χ4v) is 6.20. The predicted octanol–water partition coefficient (Wildman–Crippen LogP) is 3.05. The summed E-state index contributed by atoms with van der Waals surface area (Å²) in [5.41, 5.74) is 1.02. The van der Waals surface area contributed by atoms with E-state index in [4.69, 9.17) is 4.74 Å². The summed E-state index contributed by atoms with van der Waals surface area (Å²) < 4.78 is 4.94. The number of piperazine rings is 1. The summed E-state index contributed by atoms with van der Waals surface area (Å²) in [7, 11) is 0. The minimum atomic E-state index is -0.145. The van der Waals surface area contributed by atoms with Crippen molar-refractivity contribution >= 4 is 23.7 Å². The van der Waals surface area contributed by atoms with Gasteiger partial charge in [0.15, 0.2) is 0 Å². The van der Waals surface area contributed by atoms with E-state index in [2.05, 4.69) is 31.1 Å². The number of anilines is 1. The first-order chi connectivity index (χ1) is 19.4. The van der Waals surface area contributed by atoms with E-state index in [0.29, 0.717) is 31.5 Å². The first-order valence-corrected chi connectivity index (χ1v) is 15.3. The second-order valence-corrected chi connectivity index (χ2v) is 11.3. The molecular formula is C30H48N6O4. The van der Waals surface area contributed by atoms with Crippen LogP contribution >= 0.6 is 0 Å². The van der Waals surface area contributed by atoms with Crippen molar-refractivity contribution in [3.05, 3.63) is 23.9 Å². The van der Waals surface area contributed by atoms with Crippen molar-refractivity contribution in [1.29, 1.82) is 0 Å². The van der Waals surface area contributed by atoms with Crippen molar-refractivity contribution in [2.75, 3.05) is 70.4 Å². The Morgan fingerprint density at radius 2 is 1.73 bits per heavy atom. The largest absolute Gasteiger partial charge is 0.466 e. The summed E-state index contributed by atoms with van der Waals surface area (Å²) in [5, 5.41) is 3.03. The van der Waals surface area contributed by atoms with E-state index in [-0.39, 0.29) is 17.9 Å². The number of likely N-dealkylation sites (tertiary alicyclic amines) is 2. The van der Waals surface area contributed by atoms with Crippen LogP contribution in [0.5, 0.6) is 0 Å². The number of carbonyl (C=O) groups is 3. The predicted molar refractivity (Wildman–Crippen MR) is 155 cm³/mol. The lowest BCUT2D eigenvalue weighted by atomic mass is 9.92.